The molecule has 0 aromatic heterocycles. The predicted molar refractivity (Wildman–Crippen MR) is 140 cm³/mol. The highest BCUT2D eigenvalue weighted by Crippen LogP contribution is 2.37. The van der Waals surface area contributed by atoms with Gasteiger partial charge in [0.25, 0.3) is 0 Å². The normalized spacial score (nSPS) is 21.4. The zero-order valence-corrected chi connectivity index (χ0v) is 21.5. The van der Waals surface area contributed by atoms with Crippen molar-refractivity contribution in [2.45, 2.75) is 57.8 Å². The van der Waals surface area contributed by atoms with E-state index in [4.69, 9.17) is 16.3 Å². The average Bonchev–Trinajstić information content (AvgIpc) is 2.90. The van der Waals surface area contributed by atoms with E-state index < -0.39 is 5.41 Å². The number of carbonyl (C=O) groups excluding carboxylic acids is 2. The van der Waals surface area contributed by atoms with Crippen LogP contribution in [0.4, 0.5) is 0 Å². The van der Waals surface area contributed by atoms with Crippen molar-refractivity contribution in [2.75, 3.05) is 32.8 Å². The van der Waals surface area contributed by atoms with Gasteiger partial charge in [-0.05, 0) is 68.4 Å². The molecule has 2 aromatic carbocycles. The van der Waals surface area contributed by atoms with Crippen molar-refractivity contribution < 1.29 is 14.3 Å². The first kappa shape index (κ1) is 25.6. The summed E-state index contributed by atoms with van der Waals surface area (Å²) in [6.07, 6.45) is 6.22. The van der Waals surface area contributed by atoms with Gasteiger partial charge in [0.2, 0.25) is 11.8 Å². The molecular weight excluding hydrogens is 460 g/mol. The van der Waals surface area contributed by atoms with E-state index in [-0.39, 0.29) is 17.7 Å². The molecule has 2 amide bonds. The Bertz CT molecular complexity index is 975. The molecule has 2 unspecified atom stereocenters. The zero-order chi connectivity index (χ0) is 24.7. The number of amides is 2. The number of ether oxygens (including phenoxy) is 1. The van der Waals surface area contributed by atoms with Crippen LogP contribution in [-0.2, 0) is 9.59 Å². The lowest BCUT2D eigenvalue weighted by Gasteiger charge is -2.44. The lowest BCUT2D eigenvalue weighted by atomic mass is 9.76. The van der Waals surface area contributed by atoms with Crippen LogP contribution in [0.2, 0.25) is 5.02 Å². The summed E-state index contributed by atoms with van der Waals surface area (Å²) < 4.78 is 6.22. The van der Waals surface area contributed by atoms with Crippen LogP contribution in [0, 0.1) is 5.41 Å². The van der Waals surface area contributed by atoms with Gasteiger partial charge in [0.1, 0.15) is 5.75 Å². The third kappa shape index (κ3) is 6.58. The molecule has 2 aromatic rings. The monoisotopic (exact) mass is 496 g/mol. The topological polar surface area (TPSA) is 49.9 Å². The minimum absolute atomic E-state index is 0.152. The second kappa shape index (κ2) is 11.9. The van der Waals surface area contributed by atoms with E-state index in [2.05, 4.69) is 6.92 Å². The summed E-state index contributed by atoms with van der Waals surface area (Å²) in [5.41, 5.74) is 0.648. The quantitative estimate of drug-likeness (QED) is 0.455. The lowest BCUT2D eigenvalue weighted by Crippen LogP contribution is -2.52. The van der Waals surface area contributed by atoms with Crippen molar-refractivity contribution in [1.82, 2.24) is 9.80 Å². The minimum Gasteiger partial charge on any atom is -0.493 e. The first-order valence-corrected chi connectivity index (χ1v) is 13.4. The fourth-order valence-corrected chi connectivity index (χ4v) is 5.64. The minimum atomic E-state index is -0.406. The van der Waals surface area contributed by atoms with Crippen LogP contribution < -0.4 is 4.74 Å². The van der Waals surface area contributed by atoms with E-state index in [0.29, 0.717) is 24.6 Å². The molecule has 0 N–H and O–H groups in total. The summed E-state index contributed by atoms with van der Waals surface area (Å²) in [5, 5.41) is 0.660. The maximum Gasteiger partial charge on any atom is 0.230 e. The van der Waals surface area contributed by atoms with E-state index in [9.17, 15) is 9.59 Å². The third-order valence-corrected chi connectivity index (χ3v) is 7.73. The van der Waals surface area contributed by atoms with Gasteiger partial charge in [-0.1, -0.05) is 48.9 Å². The van der Waals surface area contributed by atoms with Gasteiger partial charge in [-0.15, -0.1) is 0 Å². The molecule has 0 saturated carbocycles. The Morgan fingerprint density at radius 1 is 0.943 bits per heavy atom. The number of likely N-dealkylation sites (tertiary alicyclic amines) is 2. The molecule has 0 radical (unpaired) electrons. The van der Waals surface area contributed by atoms with Crippen LogP contribution in [0.1, 0.15) is 63.4 Å². The molecule has 2 heterocycles. The number of halogens is 1. The van der Waals surface area contributed by atoms with Crippen molar-refractivity contribution in [3.8, 4) is 5.75 Å². The lowest BCUT2D eigenvalue weighted by molar-refractivity contribution is -0.143. The molecular formula is C29H37ClN2O3. The van der Waals surface area contributed by atoms with Gasteiger partial charge >= 0.3 is 0 Å². The zero-order valence-electron chi connectivity index (χ0n) is 20.8. The Hall–Kier alpha value is -2.53. The summed E-state index contributed by atoms with van der Waals surface area (Å²) >= 11 is 6.04. The van der Waals surface area contributed by atoms with E-state index in [0.717, 1.165) is 63.1 Å². The summed E-state index contributed by atoms with van der Waals surface area (Å²) in [7, 11) is 0. The second-order valence-corrected chi connectivity index (χ2v) is 10.5. The van der Waals surface area contributed by atoms with Crippen LogP contribution in [0.5, 0.6) is 5.75 Å². The van der Waals surface area contributed by atoms with Gasteiger partial charge in [0, 0.05) is 43.0 Å². The molecule has 5 nitrogen and oxygen atoms in total. The number of benzene rings is 2. The first-order valence-electron chi connectivity index (χ1n) is 13.0. The van der Waals surface area contributed by atoms with E-state index in [1.165, 1.54) is 6.42 Å². The van der Waals surface area contributed by atoms with Crippen molar-refractivity contribution in [3.05, 3.63) is 65.2 Å². The Balaban J connectivity index is 1.53. The molecule has 35 heavy (non-hydrogen) atoms. The molecule has 0 bridgehead atoms. The second-order valence-electron chi connectivity index (χ2n) is 10.1. The van der Waals surface area contributed by atoms with Crippen molar-refractivity contribution in [2.24, 2.45) is 5.41 Å². The molecule has 0 aliphatic carbocycles. The SMILES string of the molecule is CCC(C(=O)N1CCCC(COc2ccc(Cl)cc2)(CC(=O)N2CCCCC2)C1)c1ccccc1. The number of hydrogen-bond donors (Lipinski definition) is 0. The maximum atomic E-state index is 13.7. The third-order valence-electron chi connectivity index (χ3n) is 7.48. The van der Waals surface area contributed by atoms with Crippen LogP contribution in [0.25, 0.3) is 0 Å². The van der Waals surface area contributed by atoms with Gasteiger partial charge < -0.3 is 14.5 Å². The highest BCUT2D eigenvalue weighted by Gasteiger charge is 2.42. The fourth-order valence-electron chi connectivity index (χ4n) is 5.51. The Labute approximate surface area is 214 Å². The standard InChI is InChI=1S/C29H37ClN2O3/c1-2-26(23-10-5-3-6-11-23)28(34)32-19-9-16-29(21-32,20-27(33)31-17-7-4-8-18-31)22-35-25-14-12-24(30)13-15-25/h3,5-6,10-15,26H,2,4,7-9,16-22H2,1H3. The highest BCUT2D eigenvalue weighted by atomic mass is 35.5. The van der Waals surface area contributed by atoms with E-state index >= 15 is 0 Å². The summed E-state index contributed by atoms with van der Waals surface area (Å²) in [6, 6.07) is 17.4. The Morgan fingerprint density at radius 3 is 2.31 bits per heavy atom. The molecule has 0 spiro atoms. The fraction of sp³-hybridized carbons (Fsp3) is 0.517. The molecule has 2 saturated heterocycles. The van der Waals surface area contributed by atoms with Crippen molar-refractivity contribution in [1.29, 1.82) is 0 Å². The molecule has 2 aliphatic rings. The number of nitrogens with zero attached hydrogens (tertiary/aromatic N) is 2. The van der Waals surface area contributed by atoms with Gasteiger partial charge in [-0.25, -0.2) is 0 Å². The van der Waals surface area contributed by atoms with Crippen LogP contribution in [0.3, 0.4) is 0 Å². The van der Waals surface area contributed by atoms with Crippen LogP contribution in [-0.4, -0.2) is 54.4 Å². The number of carbonyl (C=O) groups is 2. The van der Waals surface area contributed by atoms with Gasteiger partial charge in [0.15, 0.2) is 0 Å². The molecule has 4 rings (SSSR count). The number of piperidine rings is 2. The van der Waals surface area contributed by atoms with Crippen LogP contribution >= 0.6 is 11.6 Å². The largest absolute Gasteiger partial charge is 0.493 e. The highest BCUT2D eigenvalue weighted by molar-refractivity contribution is 6.30. The molecule has 2 atom stereocenters. The van der Waals surface area contributed by atoms with Gasteiger partial charge in [-0.3, -0.25) is 9.59 Å². The smallest absolute Gasteiger partial charge is 0.230 e. The average molecular weight is 497 g/mol. The maximum absolute atomic E-state index is 13.7. The van der Waals surface area contributed by atoms with Gasteiger partial charge in [-0.2, -0.15) is 0 Å². The van der Waals surface area contributed by atoms with Crippen molar-refractivity contribution >= 4 is 23.4 Å². The predicted octanol–water partition coefficient (Wildman–Crippen LogP) is 5.92. The van der Waals surface area contributed by atoms with Crippen molar-refractivity contribution in [3.63, 3.8) is 0 Å². The molecule has 2 fully saturated rings. The van der Waals surface area contributed by atoms with E-state index in [1.54, 1.807) is 0 Å². The Morgan fingerprint density at radius 2 is 1.63 bits per heavy atom. The number of rotatable bonds is 8. The number of hydrogen-bond acceptors (Lipinski definition) is 3. The summed E-state index contributed by atoms with van der Waals surface area (Å²) in [6.45, 7) is 5.41. The molecule has 2 aliphatic heterocycles. The Kier molecular flexibility index (Phi) is 8.72. The molecule has 188 valence electrons. The van der Waals surface area contributed by atoms with Crippen LogP contribution in [0.15, 0.2) is 54.6 Å². The summed E-state index contributed by atoms with van der Waals surface area (Å²) in [5.74, 6) is 0.911. The van der Waals surface area contributed by atoms with E-state index in [1.807, 2.05) is 64.4 Å². The first-order chi connectivity index (χ1) is 17.0. The molecule has 6 heteroatoms. The summed E-state index contributed by atoms with van der Waals surface area (Å²) in [4.78, 5) is 31.0. The van der Waals surface area contributed by atoms with Gasteiger partial charge in [0.05, 0.1) is 12.5 Å².